The Labute approximate surface area is 152 Å². The molecule has 0 bridgehead atoms. The van der Waals surface area contributed by atoms with Crippen molar-refractivity contribution in [2.75, 3.05) is 5.32 Å². The van der Waals surface area contributed by atoms with Crippen molar-refractivity contribution in [3.8, 4) is 0 Å². The predicted octanol–water partition coefficient (Wildman–Crippen LogP) is 5.00. The van der Waals surface area contributed by atoms with Crippen LogP contribution in [0.15, 0.2) is 60.7 Å². The summed E-state index contributed by atoms with van der Waals surface area (Å²) in [5.74, 6) is -0.0897. The molecular formula is C21H19ClN2O. The van der Waals surface area contributed by atoms with E-state index in [4.69, 9.17) is 11.6 Å². The van der Waals surface area contributed by atoms with Crippen LogP contribution in [0.4, 0.5) is 5.69 Å². The molecule has 0 aliphatic heterocycles. The van der Waals surface area contributed by atoms with Gasteiger partial charge in [-0.2, -0.15) is 0 Å². The molecule has 1 aliphatic carbocycles. The molecule has 0 saturated heterocycles. The molecule has 3 aromatic rings. The minimum absolute atomic E-state index is 0.0897. The van der Waals surface area contributed by atoms with Crippen LogP contribution in [0.5, 0.6) is 0 Å². The molecule has 1 fully saturated rings. The van der Waals surface area contributed by atoms with Gasteiger partial charge in [-0.1, -0.05) is 54.1 Å². The quantitative estimate of drug-likeness (QED) is 0.680. The second-order valence-electron chi connectivity index (χ2n) is 6.43. The van der Waals surface area contributed by atoms with Crippen molar-refractivity contribution in [2.24, 2.45) is 0 Å². The first-order chi connectivity index (χ1) is 12.2. The molecular weight excluding hydrogens is 332 g/mol. The summed E-state index contributed by atoms with van der Waals surface area (Å²) >= 11 is 6.30. The van der Waals surface area contributed by atoms with Crippen molar-refractivity contribution in [3.63, 3.8) is 0 Å². The monoisotopic (exact) mass is 350 g/mol. The third kappa shape index (κ3) is 3.62. The number of amides is 1. The van der Waals surface area contributed by atoms with E-state index >= 15 is 0 Å². The van der Waals surface area contributed by atoms with Gasteiger partial charge in [0.2, 0.25) is 0 Å². The molecule has 3 nitrogen and oxygen atoms in total. The van der Waals surface area contributed by atoms with Crippen molar-refractivity contribution in [1.82, 2.24) is 5.32 Å². The van der Waals surface area contributed by atoms with Gasteiger partial charge in [-0.3, -0.25) is 4.79 Å². The number of nitrogens with one attached hydrogen (secondary N) is 2. The van der Waals surface area contributed by atoms with Crippen LogP contribution in [-0.2, 0) is 6.54 Å². The van der Waals surface area contributed by atoms with Gasteiger partial charge in [0.1, 0.15) is 0 Å². The zero-order chi connectivity index (χ0) is 17.2. The molecule has 0 atom stereocenters. The van der Waals surface area contributed by atoms with Gasteiger partial charge in [0.05, 0.1) is 10.6 Å². The predicted molar refractivity (Wildman–Crippen MR) is 103 cm³/mol. The highest BCUT2D eigenvalue weighted by molar-refractivity contribution is 6.34. The van der Waals surface area contributed by atoms with E-state index in [9.17, 15) is 4.79 Å². The van der Waals surface area contributed by atoms with Gasteiger partial charge in [0, 0.05) is 18.3 Å². The van der Waals surface area contributed by atoms with Crippen LogP contribution >= 0.6 is 11.6 Å². The van der Waals surface area contributed by atoms with E-state index in [0.29, 0.717) is 23.2 Å². The van der Waals surface area contributed by atoms with Crippen molar-refractivity contribution >= 4 is 34.0 Å². The molecule has 0 heterocycles. The molecule has 3 aromatic carbocycles. The topological polar surface area (TPSA) is 41.1 Å². The van der Waals surface area contributed by atoms with Gasteiger partial charge in [0.15, 0.2) is 0 Å². The standard InChI is InChI=1S/C21H19ClN2O/c22-20-12-17(10-11-19(20)21(25)24-16-8-9-16)23-13-15-6-3-5-14-4-1-2-7-18(14)15/h1-7,10-12,16,23H,8-9,13H2,(H,24,25). The van der Waals surface area contributed by atoms with Crippen molar-refractivity contribution < 1.29 is 4.79 Å². The Kier molecular flexibility index (Phi) is 4.33. The highest BCUT2D eigenvalue weighted by Crippen LogP contribution is 2.25. The number of carbonyl (C=O) groups is 1. The number of hydrogen-bond acceptors (Lipinski definition) is 2. The lowest BCUT2D eigenvalue weighted by atomic mass is 10.0. The van der Waals surface area contributed by atoms with Crippen LogP contribution in [0.3, 0.4) is 0 Å². The van der Waals surface area contributed by atoms with E-state index in [1.807, 2.05) is 18.2 Å². The molecule has 1 saturated carbocycles. The Balaban J connectivity index is 1.49. The maximum absolute atomic E-state index is 12.1. The van der Waals surface area contributed by atoms with Crippen LogP contribution < -0.4 is 10.6 Å². The fraction of sp³-hybridized carbons (Fsp3) is 0.190. The summed E-state index contributed by atoms with van der Waals surface area (Å²) in [6.07, 6.45) is 2.13. The van der Waals surface area contributed by atoms with Crippen LogP contribution in [0.1, 0.15) is 28.8 Å². The summed E-state index contributed by atoms with van der Waals surface area (Å²) in [7, 11) is 0. The van der Waals surface area contributed by atoms with Crippen molar-refractivity contribution in [1.29, 1.82) is 0 Å². The first kappa shape index (κ1) is 16.0. The summed E-state index contributed by atoms with van der Waals surface area (Å²) in [6, 6.07) is 20.5. The highest BCUT2D eigenvalue weighted by atomic mass is 35.5. The Morgan fingerprint density at radius 3 is 2.64 bits per heavy atom. The molecule has 25 heavy (non-hydrogen) atoms. The lowest BCUT2D eigenvalue weighted by Crippen LogP contribution is -2.25. The molecule has 4 rings (SSSR count). The lowest BCUT2D eigenvalue weighted by molar-refractivity contribution is 0.0951. The third-order valence-corrected chi connectivity index (χ3v) is 4.80. The Hall–Kier alpha value is -2.52. The van der Waals surface area contributed by atoms with Crippen molar-refractivity contribution in [3.05, 3.63) is 76.8 Å². The summed E-state index contributed by atoms with van der Waals surface area (Å²) in [4.78, 5) is 12.1. The molecule has 0 radical (unpaired) electrons. The number of benzene rings is 3. The van der Waals surface area contributed by atoms with E-state index in [0.717, 1.165) is 18.5 Å². The molecule has 4 heteroatoms. The summed E-state index contributed by atoms with van der Waals surface area (Å²) in [6.45, 7) is 0.700. The van der Waals surface area contributed by atoms with Crippen LogP contribution in [-0.4, -0.2) is 11.9 Å². The second-order valence-corrected chi connectivity index (χ2v) is 6.84. The Bertz CT molecular complexity index is 929. The zero-order valence-electron chi connectivity index (χ0n) is 13.8. The number of carbonyl (C=O) groups excluding carboxylic acids is 1. The largest absolute Gasteiger partial charge is 0.381 e. The molecule has 1 amide bonds. The number of fused-ring (bicyclic) bond motifs is 1. The minimum Gasteiger partial charge on any atom is -0.381 e. The zero-order valence-corrected chi connectivity index (χ0v) is 14.5. The molecule has 2 N–H and O–H groups in total. The fourth-order valence-corrected chi connectivity index (χ4v) is 3.21. The SMILES string of the molecule is O=C(NC1CC1)c1ccc(NCc2cccc3ccccc23)cc1Cl. The Morgan fingerprint density at radius 1 is 1.04 bits per heavy atom. The molecule has 0 spiro atoms. The molecule has 0 unspecified atom stereocenters. The normalized spacial score (nSPS) is 13.6. The molecule has 1 aliphatic rings. The number of rotatable bonds is 5. The van der Waals surface area contributed by atoms with Crippen LogP contribution in [0, 0.1) is 0 Å². The number of hydrogen-bond donors (Lipinski definition) is 2. The third-order valence-electron chi connectivity index (χ3n) is 4.49. The van der Waals surface area contributed by atoms with Gasteiger partial charge in [-0.05, 0) is 47.4 Å². The number of anilines is 1. The summed E-state index contributed by atoms with van der Waals surface area (Å²) in [5, 5.41) is 9.30. The van der Waals surface area contributed by atoms with Crippen LogP contribution in [0.25, 0.3) is 10.8 Å². The first-order valence-electron chi connectivity index (χ1n) is 8.51. The fourth-order valence-electron chi connectivity index (χ4n) is 2.94. The van der Waals surface area contributed by atoms with E-state index in [-0.39, 0.29) is 5.91 Å². The lowest BCUT2D eigenvalue weighted by Gasteiger charge is -2.11. The molecule has 126 valence electrons. The Morgan fingerprint density at radius 2 is 1.84 bits per heavy atom. The van der Waals surface area contributed by atoms with Gasteiger partial charge in [-0.15, -0.1) is 0 Å². The molecule has 0 aromatic heterocycles. The first-order valence-corrected chi connectivity index (χ1v) is 8.89. The average Bonchev–Trinajstić information content (AvgIpc) is 3.44. The summed E-state index contributed by atoms with van der Waals surface area (Å²) < 4.78 is 0. The van der Waals surface area contributed by atoms with Gasteiger partial charge < -0.3 is 10.6 Å². The maximum Gasteiger partial charge on any atom is 0.253 e. The highest BCUT2D eigenvalue weighted by Gasteiger charge is 2.24. The van der Waals surface area contributed by atoms with E-state index < -0.39 is 0 Å². The van der Waals surface area contributed by atoms with E-state index in [2.05, 4.69) is 47.0 Å². The minimum atomic E-state index is -0.0897. The van der Waals surface area contributed by atoms with Crippen molar-refractivity contribution in [2.45, 2.75) is 25.4 Å². The van der Waals surface area contributed by atoms with Crippen LogP contribution in [0.2, 0.25) is 5.02 Å². The van der Waals surface area contributed by atoms with E-state index in [1.54, 1.807) is 6.07 Å². The van der Waals surface area contributed by atoms with E-state index in [1.165, 1.54) is 16.3 Å². The number of halogens is 1. The smallest absolute Gasteiger partial charge is 0.253 e. The van der Waals surface area contributed by atoms with Gasteiger partial charge in [-0.25, -0.2) is 0 Å². The van der Waals surface area contributed by atoms with Gasteiger partial charge >= 0.3 is 0 Å². The second kappa shape index (κ2) is 6.77. The van der Waals surface area contributed by atoms with Gasteiger partial charge in [0.25, 0.3) is 5.91 Å². The maximum atomic E-state index is 12.1. The summed E-state index contributed by atoms with van der Waals surface area (Å²) in [5.41, 5.74) is 2.66. The average molecular weight is 351 g/mol.